The van der Waals surface area contributed by atoms with Crippen molar-refractivity contribution < 1.29 is 0 Å². The molecule has 0 fully saturated rings. The summed E-state index contributed by atoms with van der Waals surface area (Å²) in [7, 11) is 0. The summed E-state index contributed by atoms with van der Waals surface area (Å²) < 4.78 is 1.81. The molecule has 0 unspecified atom stereocenters. The van der Waals surface area contributed by atoms with Gasteiger partial charge in [-0.25, -0.2) is 4.98 Å². The molecule has 144 valence electrons. The lowest BCUT2D eigenvalue weighted by Gasteiger charge is -2.06. The first-order valence-corrected chi connectivity index (χ1v) is 9.33. The summed E-state index contributed by atoms with van der Waals surface area (Å²) in [6.45, 7) is 5.04. The van der Waals surface area contributed by atoms with Crippen molar-refractivity contribution >= 4 is 28.5 Å². The summed E-state index contributed by atoms with van der Waals surface area (Å²) in [6.07, 6.45) is 6.79. The molecule has 0 bridgehead atoms. The Morgan fingerprint density at radius 3 is 2.70 bits per heavy atom. The summed E-state index contributed by atoms with van der Waals surface area (Å²) in [4.78, 5) is 13.1. The lowest BCUT2D eigenvalue weighted by atomic mass is 10.3. The molecule has 0 radical (unpaired) electrons. The van der Waals surface area contributed by atoms with Crippen LogP contribution in [0.25, 0.3) is 11.0 Å². The van der Waals surface area contributed by atoms with Crippen LogP contribution < -0.4 is 22.1 Å². The van der Waals surface area contributed by atoms with Crippen molar-refractivity contribution in [2.24, 2.45) is 5.73 Å². The molecule has 0 atom stereocenters. The highest BCUT2D eigenvalue weighted by molar-refractivity contribution is 5.85. The zero-order valence-electron chi connectivity index (χ0n) is 15.6. The van der Waals surface area contributed by atoms with Crippen LogP contribution in [0.2, 0.25) is 0 Å². The molecule has 3 heterocycles. The van der Waals surface area contributed by atoms with Crippen molar-refractivity contribution in [3.63, 3.8) is 0 Å². The van der Waals surface area contributed by atoms with Crippen LogP contribution >= 0.6 is 0 Å². The summed E-state index contributed by atoms with van der Waals surface area (Å²) in [5, 5.41) is 11.2. The Hall–Kier alpha value is -2.94. The monoisotopic (exact) mass is 369 g/mol. The van der Waals surface area contributed by atoms with Gasteiger partial charge in [-0.05, 0) is 31.5 Å². The molecular weight excluding hydrogens is 342 g/mol. The highest BCUT2D eigenvalue weighted by atomic mass is 15.3. The fraction of sp³-hybridized carbons (Fsp3) is 0.444. The van der Waals surface area contributed by atoms with Gasteiger partial charge in [0.15, 0.2) is 11.3 Å². The molecular formula is C18H27N9. The molecule has 0 amide bonds. The molecule has 0 aliphatic rings. The predicted octanol–water partition coefficient (Wildman–Crippen LogP) is 1.82. The molecule has 0 saturated carbocycles. The zero-order valence-corrected chi connectivity index (χ0v) is 15.6. The second-order valence-electron chi connectivity index (χ2n) is 6.38. The Kier molecular flexibility index (Phi) is 6.37. The molecule has 3 aromatic heterocycles. The minimum absolute atomic E-state index is 0.243. The molecule has 0 aliphatic heterocycles. The number of hydrogen-bond acceptors (Lipinski definition) is 8. The number of nitrogens with zero attached hydrogens (tertiary/aromatic N) is 5. The Bertz CT molecular complexity index is 857. The number of unbranched alkanes of at least 4 members (excludes halogenated alkanes) is 1. The molecule has 3 aromatic rings. The van der Waals surface area contributed by atoms with E-state index in [9.17, 15) is 0 Å². The fourth-order valence-corrected chi connectivity index (χ4v) is 2.69. The third kappa shape index (κ3) is 5.04. The number of nitrogens with two attached hydrogens (primary N) is 2. The molecule has 9 nitrogen and oxygen atoms in total. The normalized spacial score (nSPS) is 11.0. The van der Waals surface area contributed by atoms with E-state index < -0.39 is 0 Å². The van der Waals surface area contributed by atoms with E-state index in [2.05, 4.69) is 37.6 Å². The van der Waals surface area contributed by atoms with E-state index in [1.54, 1.807) is 0 Å². The Morgan fingerprint density at radius 2 is 1.96 bits per heavy atom. The third-order valence-electron chi connectivity index (χ3n) is 4.11. The summed E-state index contributed by atoms with van der Waals surface area (Å²) in [5.41, 5.74) is 14.7. The molecule has 0 saturated heterocycles. The van der Waals surface area contributed by atoms with Crippen LogP contribution in [-0.2, 0) is 6.54 Å². The Morgan fingerprint density at radius 1 is 1.11 bits per heavy atom. The average molecular weight is 369 g/mol. The van der Waals surface area contributed by atoms with Crippen LogP contribution in [0.3, 0.4) is 0 Å². The minimum atomic E-state index is 0.243. The number of fused-ring (bicyclic) bond motifs is 1. The van der Waals surface area contributed by atoms with Gasteiger partial charge in [-0.1, -0.05) is 13.3 Å². The van der Waals surface area contributed by atoms with Crippen molar-refractivity contribution in [1.82, 2.24) is 24.7 Å². The van der Waals surface area contributed by atoms with Crippen LogP contribution in [0.15, 0.2) is 24.5 Å². The summed E-state index contributed by atoms with van der Waals surface area (Å²) in [5.74, 6) is 0.921. The SMILES string of the molecule is CCCCNc1nc(N)nc2cn(Cc3ccc(NCCCN)cn3)nc12. The van der Waals surface area contributed by atoms with Gasteiger partial charge < -0.3 is 22.1 Å². The van der Waals surface area contributed by atoms with Crippen molar-refractivity contribution in [2.45, 2.75) is 32.7 Å². The second-order valence-corrected chi connectivity index (χ2v) is 6.38. The smallest absolute Gasteiger partial charge is 0.222 e. The second kappa shape index (κ2) is 9.13. The lowest BCUT2D eigenvalue weighted by Crippen LogP contribution is -2.09. The highest BCUT2D eigenvalue weighted by Crippen LogP contribution is 2.20. The van der Waals surface area contributed by atoms with Crippen LogP contribution in [0.4, 0.5) is 17.5 Å². The number of rotatable bonds is 10. The number of aromatic nitrogens is 5. The average Bonchev–Trinajstić information content (AvgIpc) is 3.06. The number of nitrogens with one attached hydrogen (secondary N) is 2. The van der Waals surface area contributed by atoms with E-state index in [0.29, 0.717) is 18.9 Å². The molecule has 9 heteroatoms. The van der Waals surface area contributed by atoms with E-state index >= 15 is 0 Å². The summed E-state index contributed by atoms with van der Waals surface area (Å²) >= 11 is 0. The number of pyridine rings is 1. The molecule has 0 aromatic carbocycles. The van der Waals surface area contributed by atoms with Gasteiger partial charge in [0.2, 0.25) is 5.95 Å². The van der Waals surface area contributed by atoms with Gasteiger partial charge in [0, 0.05) is 13.1 Å². The van der Waals surface area contributed by atoms with Gasteiger partial charge >= 0.3 is 0 Å². The first-order chi connectivity index (χ1) is 13.2. The van der Waals surface area contributed by atoms with Crippen molar-refractivity contribution in [3.05, 3.63) is 30.2 Å². The van der Waals surface area contributed by atoms with Gasteiger partial charge in [-0.15, -0.1) is 0 Å². The first kappa shape index (κ1) is 18.8. The van der Waals surface area contributed by atoms with E-state index in [4.69, 9.17) is 11.5 Å². The number of anilines is 3. The van der Waals surface area contributed by atoms with Gasteiger partial charge in [0.25, 0.3) is 0 Å². The molecule has 0 spiro atoms. The van der Waals surface area contributed by atoms with Crippen LogP contribution in [0, 0.1) is 0 Å². The molecule has 0 aliphatic carbocycles. The maximum atomic E-state index is 5.83. The maximum absolute atomic E-state index is 5.83. The topological polar surface area (TPSA) is 133 Å². The number of nitrogen functional groups attached to an aromatic ring is 1. The van der Waals surface area contributed by atoms with Gasteiger partial charge in [0.05, 0.1) is 30.3 Å². The zero-order chi connectivity index (χ0) is 19.1. The van der Waals surface area contributed by atoms with Gasteiger partial charge in [-0.3, -0.25) is 9.67 Å². The molecule has 27 heavy (non-hydrogen) atoms. The molecule has 6 N–H and O–H groups in total. The van der Waals surface area contributed by atoms with Crippen LogP contribution in [0.5, 0.6) is 0 Å². The lowest BCUT2D eigenvalue weighted by molar-refractivity contribution is 0.680. The maximum Gasteiger partial charge on any atom is 0.222 e. The highest BCUT2D eigenvalue weighted by Gasteiger charge is 2.11. The fourth-order valence-electron chi connectivity index (χ4n) is 2.69. The van der Waals surface area contributed by atoms with Gasteiger partial charge in [-0.2, -0.15) is 10.1 Å². The van der Waals surface area contributed by atoms with E-state index in [0.717, 1.165) is 54.8 Å². The minimum Gasteiger partial charge on any atom is -0.384 e. The van der Waals surface area contributed by atoms with Crippen LogP contribution in [0.1, 0.15) is 31.9 Å². The summed E-state index contributed by atoms with van der Waals surface area (Å²) in [6, 6.07) is 4.00. The van der Waals surface area contributed by atoms with Gasteiger partial charge in [0.1, 0.15) is 5.52 Å². The number of hydrogen-bond donors (Lipinski definition) is 4. The van der Waals surface area contributed by atoms with E-state index in [1.165, 1.54) is 0 Å². The van der Waals surface area contributed by atoms with E-state index in [-0.39, 0.29) is 5.95 Å². The Labute approximate surface area is 158 Å². The quantitative estimate of drug-likeness (QED) is 0.398. The largest absolute Gasteiger partial charge is 0.384 e. The van der Waals surface area contributed by atoms with Crippen molar-refractivity contribution in [1.29, 1.82) is 0 Å². The predicted molar refractivity (Wildman–Crippen MR) is 109 cm³/mol. The standard InChI is InChI=1S/C18H27N9/c1-2-3-8-22-17-16-15(24-18(20)25-17)12-27(26-16)11-14-6-5-13(10-23-14)21-9-4-7-19/h5-6,10,12,21H,2-4,7-9,11,19H2,1H3,(H3,20,22,24,25). The van der Waals surface area contributed by atoms with Crippen LogP contribution in [-0.4, -0.2) is 44.4 Å². The third-order valence-corrected chi connectivity index (χ3v) is 4.11. The van der Waals surface area contributed by atoms with Crippen molar-refractivity contribution in [2.75, 3.05) is 36.0 Å². The van der Waals surface area contributed by atoms with Crippen molar-refractivity contribution in [3.8, 4) is 0 Å². The molecule has 3 rings (SSSR count). The first-order valence-electron chi connectivity index (χ1n) is 9.33. The van der Waals surface area contributed by atoms with E-state index in [1.807, 2.05) is 29.2 Å². The Balaban J connectivity index is 1.72.